The Bertz CT molecular complexity index is 1130. The average molecular weight is 366 g/mol. The van der Waals surface area contributed by atoms with Crippen molar-refractivity contribution in [2.75, 3.05) is 10.6 Å². The van der Waals surface area contributed by atoms with E-state index < -0.39 is 0 Å². The second-order valence-electron chi connectivity index (χ2n) is 6.18. The van der Waals surface area contributed by atoms with E-state index in [1.165, 1.54) is 12.4 Å². The van der Waals surface area contributed by atoms with E-state index in [0.717, 1.165) is 22.2 Å². The van der Waals surface area contributed by atoms with Gasteiger partial charge in [-0.1, -0.05) is 48.5 Å². The summed E-state index contributed by atoms with van der Waals surface area (Å²) < 4.78 is 0. The molecule has 0 unspecified atom stereocenters. The second kappa shape index (κ2) is 8.14. The van der Waals surface area contributed by atoms with Gasteiger partial charge < -0.3 is 10.6 Å². The highest BCUT2D eigenvalue weighted by Gasteiger charge is 2.06. The highest BCUT2D eigenvalue weighted by molar-refractivity contribution is 6.03. The molecule has 1 aromatic heterocycles. The standard InChI is InChI=1S/C23H18N4O/c28-22(14-11-17-7-3-1-4-8-17)26-19-12-13-21-20(15-19)23(25-16-24-21)27-18-9-5-2-6-10-18/h1-16H,(H,26,28)(H,24,25,27). The number of fused-ring (bicyclic) bond motifs is 1. The molecule has 0 aliphatic heterocycles. The molecule has 0 atom stereocenters. The summed E-state index contributed by atoms with van der Waals surface area (Å²) in [6.45, 7) is 0. The first-order valence-electron chi connectivity index (χ1n) is 8.89. The number of carbonyl (C=O) groups is 1. The molecular formula is C23H18N4O. The molecule has 0 saturated heterocycles. The van der Waals surface area contributed by atoms with Crippen molar-refractivity contribution in [1.82, 2.24) is 9.97 Å². The monoisotopic (exact) mass is 366 g/mol. The fourth-order valence-corrected chi connectivity index (χ4v) is 2.81. The van der Waals surface area contributed by atoms with Crippen molar-refractivity contribution >= 4 is 40.1 Å². The van der Waals surface area contributed by atoms with E-state index in [2.05, 4.69) is 20.6 Å². The number of rotatable bonds is 5. The van der Waals surface area contributed by atoms with Crippen LogP contribution in [0.5, 0.6) is 0 Å². The Labute approximate surface area is 162 Å². The fourth-order valence-electron chi connectivity index (χ4n) is 2.81. The van der Waals surface area contributed by atoms with Gasteiger partial charge >= 0.3 is 0 Å². The number of benzene rings is 3. The van der Waals surface area contributed by atoms with E-state index in [9.17, 15) is 4.79 Å². The van der Waals surface area contributed by atoms with Crippen LogP contribution in [0.4, 0.5) is 17.2 Å². The first kappa shape index (κ1) is 17.4. The zero-order valence-electron chi connectivity index (χ0n) is 15.0. The van der Waals surface area contributed by atoms with Crippen LogP contribution in [0.2, 0.25) is 0 Å². The molecule has 1 heterocycles. The number of amides is 1. The second-order valence-corrected chi connectivity index (χ2v) is 6.18. The smallest absolute Gasteiger partial charge is 0.248 e. The van der Waals surface area contributed by atoms with Crippen molar-refractivity contribution in [2.24, 2.45) is 0 Å². The molecule has 4 aromatic rings. The summed E-state index contributed by atoms with van der Waals surface area (Å²) >= 11 is 0. The predicted octanol–water partition coefficient (Wildman–Crippen LogP) is 5.03. The quantitative estimate of drug-likeness (QED) is 0.486. The van der Waals surface area contributed by atoms with Gasteiger partial charge in [-0.3, -0.25) is 4.79 Å². The lowest BCUT2D eigenvalue weighted by Gasteiger charge is -2.10. The van der Waals surface area contributed by atoms with E-state index in [1.54, 1.807) is 6.08 Å². The lowest BCUT2D eigenvalue weighted by molar-refractivity contribution is -0.111. The van der Waals surface area contributed by atoms with Crippen LogP contribution in [0.1, 0.15) is 5.56 Å². The van der Waals surface area contributed by atoms with Crippen molar-refractivity contribution in [3.05, 3.63) is 96.8 Å². The Morgan fingerprint density at radius 1 is 0.821 bits per heavy atom. The number of aromatic nitrogens is 2. The summed E-state index contributed by atoms with van der Waals surface area (Å²) in [6, 6.07) is 25.1. The molecule has 0 saturated carbocycles. The van der Waals surface area contributed by atoms with Gasteiger partial charge in [-0.15, -0.1) is 0 Å². The van der Waals surface area contributed by atoms with Crippen LogP contribution in [0.3, 0.4) is 0 Å². The molecule has 136 valence electrons. The van der Waals surface area contributed by atoms with Crippen LogP contribution in [-0.4, -0.2) is 15.9 Å². The minimum Gasteiger partial charge on any atom is -0.340 e. The fraction of sp³-hybridized carbons (Fsp3) is 0. The van der Waals surface area contributed by atoms with E-state index >= 15 is 0 Å². The molecule has 0 spiro atoms. The average Bonchev–Trinajstić information content (AvgIpc) is 2.74. The van der Waals surface area contributed by atoms with Crippen LogP contribution in [-0.2, 0) is 4.79 Å². The maximum Gasteiger partial charge on any atom is 0.248 e. The Morgan fingerprint density at radius 3 is 2.36 bits per heavy atom. The van der Waals surface area contributed by atoms with E-state index in [4.69, 9.17) is 0 Å². The van der Waals surface area contributed by atoms with Crippen LogP contribution in [0.15, 0.2) is 91.3 Å². The summed E-state index contributed by atoms with van der Waals surface area (Å²) in [5.41, 5.74) is 3.38. The summed E-state index contributed by atoms with van der Waals surface area (Å²) in [5.74, 6) is 0.491. The highest BCUT2D eigenvalue weighted by atomic mass is 16.1. The van der Waals surface area contributed by atoms with Gasteiger partial charge in [-0.2, -0.15) is 0 Å². The van der Waals surface area contributed by atoms with Crippen LogP contribution >= 0.6 is 0 Å². The van der Waals surface area contributed by atoms with Crippen LogP contribution in [0.25, 0.3) is 17.0 Å². The first-order valence-corrected chi connectivity index (χ1v) is 8.89. The highest BCUT2D eigenvalue weighted by Crippen LogP contribution is 2.25. The third-order valence-corrected chi connectivity index (χ3v) is 4.17. The Morgan fingerprint density at radius 2 is 1.57 bits per heavy atom. The van der Waals surface area contributed by atoms with E-state index in [-0.39, 0.29) is 5.91 Å². The van der Waals surface area contributed by atoms with Crippen molar-refractivity contribution in [3.63, 3.8) is 0 Å². The lowest BCUT2D eigenvalue weighted by Crippen LogP contribution is -2.07. The van der Waals surface area contributed by atoms with Crippen molar-refractivity contribution < 1.29 is 4.79 Å². The first-order chi connectivity index (χ1) is 13.8. The molecule has 0 aliphatic rings. The number of nitrogens with one attached hydrogen (secondary N) is 2. The largest absolute Gasteiger partial charge is 0.340 e. The van der Waals surface area contributed by atoms with Gasteiger partial charge in [-0.25, -0.2) is 9.97 Å². The number of hydrogen-bond donors (Lipinski definition) is 2. The Kier molecular flexibility index (Phi) is 5.06. The zero-order valence-corrected chi connectivity index (χ0v) is 15.0. The van der Waals surface area contributed by atoms with Gasteiger partial charge in [0, 0.05) is 22.8 Å². The van der Waals surface area contributed by atoms with E-state index in [0.29, 0.717) is 11.5 Å². The zero-order chi connectivity index (χ0) is 19.2. The van der Waals surface area contributed by atoms with Gasteiger partial charge in [0.2, 0.25) is 5.91 Å². The molecule has 4 rings (SSSR count). The third kappa shape index (κ3) is 4.22. The number of carbonyl (C=O) groups excluding carboxylic acids is 1. The topological polar surface area (TPSA) is 66.9 Å². The van der Waals surface area contributed by atoms with Crippen molar-refractivity contribution in [3.8, 4) is 0 Å². The van der Waals surface area contributed by atoms with Gasteiger partial charge in [-0.05, 0) is 42.0 Å². The number of para-hydroxylation sites is 1. The minimum absolute atomic E-state index is 0.197. The molecule has 0 fully saturated rings. The SMILES string of the molecule is O=C(C=Cc1ccccc1)Nc1ccc2ncnc(Nc3ccccc3)c2c1. The molecular weight excluding hydrogens is 348 g/mol. The normalized spacial score (nSPS) is 10.9. The molecule has 5 nitrogen and oxygen atoms in total. The molecule has 5 heteroatoms. The maximum atomic E-state index is 12.3. The predicted molar refractivity (Wildman–Crippen MR) is 113 cm³/mol. The van der Waals surface area contributed by atoms with Crippen molar-refractivity contribution in [2.45, 2.75) is 0 Å². The number of nitrogens with zero attached hydrogens (tertiary/aromatic N) is 2. The summed E-state index contributed by atoms with van der Waals surface area (Å²) in [5, 5.41) is 7.01. The lowest BCUT2D eigenvalue weighted by atomic mass is 10.2. The molecule has 2 N–H and O–H groups in total. The molecule has 1 amide bonds. The maximum absolute atomic E-state index is 12.3. The molecule has 0 bridgehead atoms. The molecule has 0 aliphatic carbocycles. The van der Waals surface area contributed by atoms with E-state index in [1.807, 2.05) is 78.9 Å². The van der Waals surface area contributed by atoms with Crippen molar-refractivity contribution in [1.29, 1.82) is 0 Å². The number of anilines is 3. The number of hydrogen-bond acceptors (Lipinski definition) is 4. The molecule has 28 heavy (non-hydrogen) atoms. The Balaban J connectivity index is 1.56. The van der Waals surface area contributed by atoms with Crippen LogP contribution < -0.4 is 10.6 Å². The van der Waals surface area contributed by atoms with Gasteiger partial charge in [0.15, 0.2) is 0 Å². The molecule has 3 aromatic carbocycles. The summed E-state index contributed by atoms with van der Waals surface area (Å²) in [7, 11) is 0. The summed E-state index contributed by atoms with van der Waals surface area (Å²) in [4.78, 5) is 20.9. The minimum atomic E-state index is -0.197. The summed E-state index contributed by atoms with van der Waals surface area (Å²) in [6.07, 6.45) is 4.82. The Hall–Kier alpha value is -3.99. The third-order valence-electron chi connectivity index (χ3n) is 4.17. The molecule has 0 radical (unpaired) electrons. The van der Waals surface area contributed by atoms with Crippen LogP contribution in [0, 0.1) is 0 Å². The van der Waals surface area contributed by atoms with Gasteiger partial charge in [0.25, 0.3) is 0 Å². The van der Waals surface area contributed by atoms with Gasteiger partial charge in [0.1, 0.15) is 12.1 Å². The van der Waals surface area contributed by atoms with Gasteiger partial charge in [0.05, 0.1) is 5.52 Å².